The van der Waals surface area contributed by atoms with E-state index >= 15 is 0 Å². The van der Waals surface area contributed by atoms with Gasteiger partial charge >= 0.3 is 0 Å². The van der Waals surface area contributed by atoms with Crippen LogP contribution in [0.25, 0.3) is 10.9 Å². The molecule has 2 nitrogen and oxygen atoms in total. The molecule has 0 fully saturated rings. The number of nitrogens with one attached hydrogen (secondary N) is 1. The maximum Gasteiger partial charge on any atom is 0.0459 e. The molecule has 0 aliphatic rings. The topological polar surface area (TPSA) is 41.8 Å². The number of nitrogens with two attached hydrogens (primary N) is 1. The average Bonchev–Trinajstić information content (AvgIpc) is 2.48. The third-order valence-corrected chi connectivity index (χ3v) is 2.53. The highest BCUT2D eigenvalue weighted by Gasteiger charge is 2.06. The summed E-state index contributed by atoms with van der Waals surface area (Å²) < 4.78 is 0. The monoisotopic (exact) mass is 188 g/mol. The molecule has 2 rings (SSSR count). The zero-order valence-electron chi connectivity index (χ0n) is 8.67. The molecule has 14 heavy (non-hydrogen) atoms. The number of hydrogen-bond acceptors (Lipinski definition) is 1. The summed E-state index contributed by atoms with van der Waals surface area (Å²) in [5.74, 6) is 0. The second-order valence-electron chi connectivity index (χ2n) is 3.99. The summed E-state index contributed by atoms with van der Waals surface area (Å²) in [6, 6.07) is 6.56. The number of rotatable bonds is 2. The Morgan fingerprint density at radius 1 is 1.43 bits per heavy atom. The van der Waals surface area contributed by atoms with Gasteiger partial charge in [0.05, 0.1) is 0 Å². The lowest BCUT2D eigenvalue weighted by Gasteiger charge is -2.07. The summed E-state index contributed by atoms with van der Waals surface area (Å²) in [4.78, 5) is 3.26. The van der Waals surface area contributed by atoms with E-state index in [1.54, 1.807) is 0 Å². The van der Waals surface area contributed by atoms with E-state index < -0.39 is 0 Å². The molecule has 0 aliphatic heterocycles. The standard InChI is InChI=1S/C12H16N2/c1-8-7-14-11-5-3-4-10(12(8)11)6-9(2)13/h3-5,7,9,14H,6,13H2,1-2H3. The first kappa shape index (κ1) is 9.28. The molecule has 0 saturated carbocycles. The summed E-state index contributed by atoms with van der Waals surface area (Å²) >= 11 is 0. The Kier molecular flexibility index (Phi) is 2.30. The van der Waals surface area contributed by atoms with Gasteiger partial charge in [-0.1, -0.05) is 12.1 Å². The summed E-state index contributed by atoms with van der Waals surface area (Å²) in [6.07, 6.45) is 2.99. The predicted octanol–water partition coefficient (Wildman–Crippen LogP) is 2.37. The fourth-order valence-electron chi connectivity index (χ4n) is 1.96. The minimum atomic E-state index is 0.217. The van der Waals surface area contributed by atoms with E-state index in [2.05, 4.69) is 36.3 Å². The Balaban J connectivity index is 2.57. The summed E-state index contributed by atoms with van der Waals surface area (Å²) in [6.45, 7) is 4.17. The number of hydrogen-bond donors (Lipinski definition) is 2. The van der Waals surface area contributed by atoms with Crippen LogP contribution in [0, 0.1) is 6.92 Å². The maximum atomic E-state index is 5.82. The van der Waals surface area contributed by atoms with Gasteiger partial charge < -0.3 is 10.7 Å². The van der Waals surface area contributed by atoms with Crippen molar-refractivity contribution in [3.05, 3.63) is 35.5 Å². The van der Waals surface area contributed by atoms with Crippen molar-refractivity contribution in [3.8, 4) is 0 Å². The van der Waals surface area contributed by atoms with Gasteiger partial charge in [-0.2, -0.15) is 0 Å². The lowest BCUT2D eigenvalue weighted by atomic mass is 10.0. The van der Waals surface area contributed by atoms with Gasteiger partial charge in [0, 0.05) is 23.1 Å². The van der Waals surface area contributed by atoms with Crippen molar-refractivity contribution in [2.24, 2.45) is 5.73 Å². The third kappa shape index (κ3) is 1.53. The molecule has 74 valence electrons. The van der Waals surface area contributed by atoms with Gasteiger partial charge in [-0.05, 0) is 37.5 Å². The Bertz CT molecular complexity index is 441. The Morgan fingerprint density at radius 3 is 2.93 bits per heavy atom. The molecule has 1 atom stereocenters. The van der Waals surface area contributed by atoms with Gasteiger partial charge in [-0.25, -0.2) is 0 Å². The predicted molar refractivity (Wildman–Crippen MR) is 60.4 cm³/mol. The van der Waals surface area contributed by atoms with Crippen LogP contribution in [0.15, 0.2) is 24.4 Å². The van der Waals surface area contributed by atoms with Crippen LogP contribution in [-0.4, -0.2) is 11.0 Å². The average molecular weight is 188 g/mol. The Morgan fingerprint density at radius 2 is 2.21 bits per heavy atom. The fraction of sp³-hybridized carbons (Fsp3) is 0.333. The van der Waals surface area contributed by atoms with Crippen molar-refractivity contribution in [2.75, 3.05) is 0 Å². The number of H-pyrrole nitrogens is 1. The highest BCUT2D eigenvalue weighted by atomic mass is 14.7. The van der Waals surface area contributed by atoms with Crippen LogP contribution in [0.4, 0.5) is 0 Å². The van der Waals surface area contributed by atoms with Crippen molar-refractivity contribution >= 4 is 10.9 Å². The van der Waals surface area contributed by atoms with Crippen LogP contribution >= 0.6 is 0 Å². The number of benzene rings is 1. The van der Waals surface area contributed by atoms with E-state index in [1.165, 1.54) is 22.0 Å². The fourth-order valence-corrected chi connectivity index (χ4v) is 1.96. The van der Waals surface area contributed by atoms with Gasteiger partial charge in [0.15, 0.2) is 0 Å². The summed E-state index contributed by atoms with van der Waals surface area (Å²) in [7, 11) is 0. The molecule has 0 amide bonds. The van der Waals surface area contributed by atoms with E-state index in [9.17, 15) is 0 Å². The largest absolute Gasteiger partial charge is 0.361 e. The van der Waals surface area contributed by atoms with Gasteiger partial charge in [0.2, 0.25) is 0 Å². The Labute approximate surface area is 84.1 Å². The first-order valence-corrected chi connectivity index (χ1v) is 4.99. The lowest BCUT2D eigenvalue weighted by molar-refractivity contribution is 0.741. The summed E-state index contributed by atoms with van der Waals surface area (Å²) in [5.41, 5.74) is 9.68. The van der Waals surface area contributed by atoms with Crippen molar-refractivity contribution in [2.45, 2.75) is 26.3 Å². The van der Waals surface area contributed by atoms with Gasteiger partial charge in [0.1, 0.15) is 0 Å². The van der Waals surface area contributed by atoms with E-state index in [1.807, 2.05) is 6.92 Å². The smallest absolute Gasteiger partial charge is 0.0459 e. The maximum absolute atomic E-state index is 5.82. The molecule has 2 aromatic rings. The van der Waals surface area contributed by atoms with Crippen LogP contribution in [0.5, 0.6) is 0 Å². The zero-order chi connectivity index (χ0) is 10.1. The molecule has 0 radical (unpaired) electrons. The molecular formula is C12H16N2. The van der Waals surface area contributed by atoms with Crippen LogP contribution < -0.4 is 5.73 Å². The van der Waals surface area contributed by atoms with Crippen LogP contribution in [0.3, 0.4) is 0 Å². The van der Waals surface area contributed by atoms with E-state index in [-0.39, 0.29) is 6.04 Å². The van der Waals surface area contributed by atoms with E-state index in [0.717, 1.165) is 6.42 Å². The SMILES string of the molecule is Cc1c[nH]c2cccc(CC(C)N)c12. The zero-order valence-corrected chi connectivity index (χ0v) is 8.67. The molecule has 3 N–H and O–H groups in total. The normalized spacial score (nSPS) is 13.4. The van der Waals surface area contributed by atoms with Gasteiger partial charge in [-0.15, -0.1) is 0 Å². The van der Waals surface area contributed by atoms with Gasteiger partial charge in [-0.3, -0.25) is 0 Å². The van der Waals surface area contributed by atoms with Crippen molar-refractivity contribution in [1.29, 1.82) is 0 Å². The van der Waals surface area contributed by atoms with Crippen molar-refractivity contribution < 1.29 is 0 Å². The number of aryl methyl sites for hydroxylation is 1. The molecule has 1 aromatic carbocycles. The van der Waals surface area contributed by atoms with Crippen LogP contribution in [0.2, 0.25) is 0 Å². The molecular weight excluding hydrogens is 172 g/mol. The molecule has 0 saturated heterocycles. The number of aromatic amines is 1. The summed E-state index contributed by atoms with van der Waals surface area (Å²) in [5, 5.41) is 1.34. The molecule has 2 heteroatoms. The van der Waals surface area contributed by atoms with E-state index in [4.69, 9.17) is 5.73 Å². The Hall–Kier alpha value is -1.28. The number of fused-ring (bicyclic) bond motifs is 1. The van der Waals surface area contributed by atoms with Crippen LogP contribution in [-0.2, 0) is 6.42 Å². The third-order valence-electron chi connectivity index (χ3n) is 2.53. The number of aromatic nitrogens is 1. The van der Waals surface area contributed by atoms with Crippen molar-refractivity contribution in [3.63, 3.8) is 0 Å². The molecule has 0 spiro atoms. The molecule has 0 bridgehead atoms. The second-order valence-corrected chi connectivity index (χ2v) is 3.99. The highest BCUT2D eigenvalue weighted by Crippen LogP contribution is 2.22. The van der Waals surface area contributed by atoms with E-state index in [0.29, 0.717) is 0 Å². The first-order valence-electron chi connectivity index (χ1n) is 4.99. The van der Waals surface area contributed by atoms with Crippen LogP contribution in [0.1, 0.15) is 18.1 Å². The minimum absolute atomic E-state index is 0.217. The van der Waals surface area contributed by atoms with Gasteiger partial charge in [0.25, 0.3) is 0 Å². The first-order chi connectivity index (χ1) is 6.68. The molecule has 1 unspecified atom stereocenters. The molecule has 1 heterocycles. The lowest BCUT2D eigenvalue weighted by Crippen LogP contribution is -2.17. The molecule has 1 aromatic heterocycles. The second kappa shape index (κ2) is 3.46. The molecule has 0 aliphatic carbocycles. The van der Waals surface area contributed by atoms with Crippen molar-refractivity contribution in [1.82, 2.24) is 4.98 Å². The minimum Gasteiger partial charge on any atom is -0.361 e. The highest BCUT2D eigenvalue weighted by molar-refractivity contribution is 5.86. The quantitative estimate of drug-likeness (QED) is 0.746.